The highest BCUT2D eigenvalue weighted by molar-refractivity contribution is 6.03. The Labute approximate surface area is 219 Å². The van der Waals surface area contributed by atoms with E-state index in [-0.39, 0.29) is 23.1 Å². The normalized spacial score (nSPS) is 25.0. The number of amides is 3. The van der Waals surface area contributed by atoms with Crippen molar-refractivity contribution in [2.75, 3.05) is 25.5 Å². The molecule has 1 aliphatic carbocycles. The van der Waals surface area contributed by atoms with Gasteiger partial charge >= 0.3 is 6.03 Å². The molecule has 194 valence electrons. The molecule has 3 aliphatic rings. The molecule has 0 saturated carbocycles. The minimum atomic E-state index is -0.575. The number of anilines is 1. The maximum atomic E-state index is 13.5. The number of ketones is 1. The van der Waals surface area contributed by atoms with E-state index in [1.807, 2.05) is 18.2 Å². The number of imide groups is 1. The summed E-state index contributed by atoms with van der Waals surface area (Å²) < 4.78 is 0. The van der Waals surface area contributed by atoms with Crippen LogP contribution in [0.3, 0.4) is 0 Å². The van der Waals surface area contributed by atoms with Crippen LogP contribution < -0.4 is 10.2 Å². The van der Waals surface area contributed by atoms with E-state index in [4.69, 9.17) is 0 Å². The average Bonchev–Trinajstić information content (AvgIpc) is 2.88. The van der Waals surface area contributed by atoms with E-state index in [0.717, 1.165) is 30.0 Å². The Morgan fingerprint density at radius 2 is 1.65 bits per heavy atom. The Bertz CT molecular complexity index is 1250. The summed E-state index contributed by atoms with van der Waals surface area (Å²) in [4.78, 5) is 45.0. The van der Waals surface area contributed by atoms with Gasteiger partial charge in [-0.25, -0.2) is 4.79 Å². The summed E-state index contributed by atoms with van der Waals surface area (Å²) in [6.07, 6.45) is 0.656. The number of benzene rings is 2. The molecule has 0 aromatic heterocycles. The molecule has 0 bridgehead atoms. The van der Waals surface area contributed by atoms with Gasteiger partial charge in [0.1, 0.15) is 6.17 Å². The number of carbonyl (C=O) groups excluding carboxylic acids is 3. The molecule has 3 amide bonds. The highest BCUT2D eigenvalue weighted by Gasteiger charge is 2.54. The molecule has 1 saturated heterocycles. The second kappa shape index (κ2) is 9.36. The molecule has 2 aliphatic heterocycles. The van der Waals surface area contributed by atoms with Crippen molar-refractivity contribution in [3.63, 3.8) is 0 Å². The van der Waals surface area contributed by atoms with Gasteiger partial charge in [0.05, 0.1) is 5.92 Å². The van der Waals surface area contributed by atoms with Crippen LogP contribution in [0.15, 0.2) is 65.9 Å². The second-order valence-corrected chi connectivity index (χ2v) is 11.3. The van der Waals surface area contributed by atoms with Crippen LogP contribution in [0.4, 0.5) is 10.5 Å². The van der Waals surface area contributed by atoms with Crippen LogP contribution in [-0.4, -0.2) is 54.3 Å². The first kappa shape index (κ1) is 25.1. The van der Waals surface area contributed by atoms with Crippen molar-refractivity contribution in [1.82, 2.24) is 15.1 Å². The molecule has 1 fully saturated rings. The van der Waals surface area contributed by atoms with Gasteiger partial charge in [-0.05, 0) is 42.0 Å². The van der Waals surface area contributed by atoms with E-state index >= 15 is 0 Å². The quantitative estimate of drug-likeness (QED) is 0.654. The Kier molecular flexibility index (Phi) is 6.34. The standard InChI is InChI=1S/C30H36N4O3/c1-6-34(18-19-10-8-7-9-11-19)21-14-12-20(13-15-21)24-25-22(16-30(2,3)17-23(25)35)31-27-26(24)28(36)33(5)29(37)32(27)4/h7-15,24,26-27,31H,6,16-18H2,1-5H3. The molecule has 3 atom stereocenters. The third kappa shape index (κ3) is 4.41. The summed E-state index contributed by atoms with van der Waals surface area (Å²) in [5.41, 5.74) is 4.65. The third-order valence-electron chi connectivity index (χ3n) is 8.09. The van der Waals surface area contributed by atoms with Gasteiger partial charge in [0.2, 0.25) is 5.91 Å². The van der Waals surface area contributed by atoms with E-state index in [9.17, 15) is 14.4 Å². The van der Waals surface area contributed by atoms with Crippen LogP contribution in [0.2, 0.25) is 0 Å². The minimum Gasteiger partial charge on any atom is -0.367 e. The lowest BCUT2D eigenvalue weighted by Crippen LogP contribution is -2.67. The molecule has 37 heavy (non-hydrogen) atoms. The van der Waals surface area contributed by atoms with Gasteiger partial charge in [0.15, 0.2) is 5.78 Å². The first-order valence-corrected chi connectivity index (χ1v) is 13.1. The number of allylic oxidation sites excluding steroid dienone is 2. The number of urea groups is 1. The van der Waals surface area contributed by atoms with Crippen LogP contribution in [0, 0.1) is 11.3 Å². The summed E-state index contributed by atoms with van der Waals surface area (Å²) in [5.74, 6) is -1.15. The highest BCUT2D eigenvalue weighted by Crippen LogP contribution is 2.49. The number of fused-ring (bicyclic) bond motifs is 1. The molecule has 1 N–H and O–H groups in total. The smallest absolute Gasteiger partial charge is 0.327 e. The van der Waals surface area contributed by atoms with Crippen LogP contribution >= 0.6 is 0 Å². The number of carbonyl (C=O) groups is 3. The first-order chi connectivity index (χ1) is 17.6. The number of rotatable bonds is 5. The highest BCUT2D eigenvalue weighted by atomic mass is 16.2. The van der Waals surface area contributed by atoms with E-state index in [2.05, 4.69) is 67.4 Å². The second-order valence-electron chi connectivity index (χ2n) is 11.3. The van der Waals surface area contributed by atoms with Crippen LogP contribution in [0.25, 0.3) is 0 Å². The molecule has 7 nitrogen and oxygen atoms in total. The molecular formula is C30H36N4O3. The lowest BCUT2D eigenvalue weighted by molar-refractivity contribution is -0.139. The van der Waals surface area contributed by atoms with Crippen LogP contribution in [0.1, 0.15) is 50.7 Å². The number of Topliss-reactive ketones (excluding diaryl/α,β-unsaturated/α-hetero) is 1. The van der Waals surface area contributed by atoms with Gasteiger partial charge in [-0.15, -0.1) is 0 Å². The third-order valence-corrected chi connectivity index (χ3v) is 8.09. The fraction of sp³-hybridized carbons (Fsp3) is 0.433. The SMILES string of the molecule is CCN(Cc1ccccc1)c1ccc(C2C3=C(CC(C)(C)CC3=O)NC3C2C(=O)N(C)C(=O)N3C)cc1. The molecule has 5 rings (SSSR count). The summed E-state index contributed by atoms with van der Waals surface area (Å²) in [6, 6.07) is 18.3. The summed E-state index contributed by atoms with van der Waals surface area (Å²) in [6.45, 7) is 7.97. The van der Waals surface area contributed by atoms with Crippen molar-refractivity contribution < 1.29 is 14.4 Å². The van der Waals surface area contributed by atoms with E-state index < -0.39 is 18.0 Å². The lowest BCUT2D eigenvalue weighted by Gasteiger charge is -2.51. The molecule has 2 aromatic carbocycles. The number of hydrogen-bond donors (Lipinski definition) is 1. The Hall–Kier alpha value is -3.61. The van der Waals surface area contributed by atoms with Gasteiger partial charge in [0, 0.05) is 56.5 Å². The number of hydrogen-bond acceptors (Lipinski definition) is 5. The molecule has 3 unspecified atom stereocenters. The predicted octanol–water partition coefficient (Wildman–Crippen LogP) is 4.51. The van der Waals surface area contributed by atoms with Crippen molar-refractivity contribution in [1.29, 1.82) is 0 Å². The molecule has 0 spiro atoms. The number of nitrogens with zero attached hydrogens (tertiary/aromatic N) is 3. The zero-order valence-electron chi connectivity index (χ0n) is 22.3. The lowest BCUT2D eigenvalue weighted by atomic mass is 9.65. The van der Waals surface area contributed by atoms with Crippen molar-refractivity contribution in [3.8, 4) is 0 Å². The van der Waals surface area contributed by atoms with Crippen molar-refractivity contribution in [2.24, 2.45) is 11.3 Å². The van der Waals surface area contributed by atoms with Crippen LogP contribution in [-0.2, 0) is 16.1 Å². The van der Waals surface area contributed by atoms with E-state index in [1.165, 1.54) is 17.5 Å². The Morgan fingerprint density at radius 3 is 2.30 bits per heavy atom. The zero-order valence-corrected chi connectivity index (χ0v) is 22.3. The topological polar surface area (TPSA) is 73.0 Å². The van der Waals surface area contributed by atoms with Gasteiger partial charge in [0.25, 0.3) is 0 Å². The van der Waals surface area contributed by atoms with Gasteiger partial charge in [-0.2, -0.15) is 0 Å². The molecule has 7 heteroatoms. The minimum absolute atomic E-state index is 0.0838. The monoisotopic (exact) mass is 500 g/mol. The van der Waals surface area contributed by atoms with Crippen LogP contribution in [0.5, 0.6) is 0 Å². The maximum Gasteiger partial charge on any atom is 0.327 e. The number of nitrogens with one attached hydrogen (secondary N) is 1. The zero-order chi connectivity index (χ0) is 26.5. The van der Waals surface area contributed by atoms with Crippen molar-refractivity contribution >= 4 is 23.4 Å². The fourth-order valence-electron chi connectivity index (χ4n) is 6.20. The largest absolute Gasteiger partial charge is 0.367 e. The molecule has 0 radical (unpaired) electrons. The molecule has 2 heterocycles. The van der Waals surface area contributed by atoms with E-state index in [1.54, 1.807) is 11.9 Å². The van der Waals surface area contributed by atoms with Gasteiger partial charge < -0.3 is 15.1 Å². The average molecular weight is 501 g/mol. The van der Waals surface area contributed by atoms with Crippen molar-refractivity contribution in [3.05, 3.63) is 77.0 Å². The van der Waals surface area contributed by atoms with E-state index in [0.29, 0.717) is 18.4 Å². The fourth-order valence-corrected chi connectivity index (χ4v) is 6.20. The summed E-state index contributed by atoms with van der Waals surface area (Å²) >= 11 is 0. The molecule has 2 aromatic rings. The molecular weight excluding hydrogens is 464 g/mol. The van der Waals surface area contributed by atoms with Gasteiger partial charge in [-0.3, -0.25) is 14.5 Å². The van der Waals surface area contributed by atoms with Crippen molar-refractivity contribution in [2.45, 2.75) is 52.2 Å². The first-order valence-electron chi connectivity index (χ1n) is 13.1. The summed E-state index contributed by atoms with van der Waals surface area (Å²) in [5, 5.41) is 3.45. The summed E-state index contributed by atoms with van der Waals surface area (Å²) in [7, 11) is 3.25. The predicted molar refractivity (Wildman–Crippen MR) is 144 cm³/mol. The van der Waals surface area contributed by atoms with Gasteiger partial charge in [-0.1, -0.05) is 56.3 Å². The Balaban J connectivity index is 1.55. The maximum absolute atomic E-state index is 13.5. The Morgan fingerprint density at radius 1 is 0.973 bits per heavy atom.